The number of amides is 1. The van der Waals surface area contributed by atoms with Gasteiger partial charge in [0.1, 0.15) is 5.60 Å². The van der Waals surface area contributed by atoms with E-state index in [2.05, 4.69) is 0 Å². The molecular weight excluding hydrogens is 303 g/mol. The van der Waals surface area contributed by atoms with Crippen molar-refractivity contribution in [1.82, 2.24) is 4.90 Å². The predicted molar refractivity (Wildman–Crippen MR) is 69.0 cm³/mol. The molecule has 1 fully saturated rings. The van der Waals surface area contributed by atoms with Crippen LogP contribution in [-0.4, -0.2) is 34.2 Å². The maximum atomic E-state index is 12.5. The van der Waals surface area contributed by atoms with E-state index in [0.717, 1.165) is 12.1 Å². The molecule has 22 heavy (non-hydrogen) atoms. The van der Waals surface area contributed by atoms with Crippen LogP contribution in [0.2, 0.25) is 0 Å². The van der Waals surface area contributed by atoms with E-state index >= 15 is 0 Å². The Morgan fingerprint density at radius 3 is 2.45 bits per heavy atom. The van der Waals surface area contributed by atoms with Gasteiger partial charge in [-0.1, -0.05) is 12.1 Å². The molecule has 1 atom stereocenters. The average molecular weight is 317 g/mol. The first-order valence-electron chi connectivity index (χ1n) is 6.45. The molecule has 1 N–H and O–H groups in total. The number of carbonyl (C=O) groups is 2. The van der Waals surface area contributed by atoms with Crippen LogP contribution in [0, 0.1) is 0 Å². The molecule has 0 spiro atoms. The molecule has 0 bridgehead atoms. The zero-order chi connectivity index (χ0) is 16.5. The van der Waals surface area contributed by atoms with E-state index in [4.69, 9.17) is 9.84 Å². The van der Waals surface area contributed by atoms with Crippen molar-refractivity contribution in [3.05, 3.63) is 35.4 Å². The Hall–Kier alpha value is -2.25. The van der Waals surface area contributed by atoms with Crippen LogP contribution in [0.5, 0.6) is 0 Å². The van der Waals surface area contributed by atoms with Gasteiger partial charge in [-0.25, -0.2) is 4.79 Å². The van der Waals surface area contributed by atoms with Crippen LogP contribution in [-0.2, 0) is 22.3 Å². The van der Waals surface area contributed by atoms with Crippen molar-refractivity contribution in [2.24, 2.45) is 0 Å². The van der Waals surface area contributed by atoms with Crippen molar-refractivity contribution in [3.63, 3.8) is 0 Å². The largest absolute Gasteiger partial charge is 0.481 e. The molecule has 0 saturated carbocycles. The summed E-state index contributed by atoms with van der Waals surface area (Å²) in [5.41, 5.74) is -1.39. The van der Waals surface area contributed by atoms with Crippen LogP contribution in [0.25, 0.3) is 0 Å². The number of cyclic esters (lactones) is 1. The Morgan fingerprint density at radius 2 is 1.95 bits per heavy atom. The predicted octanol–water partition coefficient (Wildman–Crippen LogP) is 2.89. The average Bonchev–Trinajstić information content (AvgIpc) is 2.62. The standard InChI is InChI=1S/C14H14F3NO4/c1-13(6-11(19)20)8-18(12(21)22-13)7-9-2-4-10(5-3-9)14(15,16)17/h2-5H,6-8H2,1H3,(H,19,20). The molecule has 1 aromatic carbocycles. The number of carboxylic acid groups (broad SMARTS) is 1. The summed E-state index contributed by atoms with van der Waals surface area (Å²) in [4.78, 5) is 23.7. The van der Waals surface area contributed by atoms with Gasteiger partial charge in [0.15, 0.2) is 0 Å². The van der Waals surface area contributed by atoms with Gasteiger partial charge in [-0.05, 0) is 24.6 Å². The summed E-state index contributed by atoms with van der Waals surface area (Å²) in [6.45, 7) is 1.64. The topological polar surface area (TPSA) is 66.8 Å². The van der Waals surface area contributed by atoms with Crippen LogP contribution in [0.3, 0.4) is 0 Å². The first-order chi connectivity index (χ1) is 10.1. The molecule has 1 aliphatic rings. The Bertz CT molecular complexity index is 585. The molecule has 1 unspecified atom stereocenters. The second-order valence-corrected chi connectivity index (χ2v) is 5.44. The summed E-state index contributed by atoms with van der Waals surface area (Å²) in [6, 6.07) is 4.44. The van der Waals surface area contributed by atoms with Crippen molar-refractivity contribution < 1.29 is 32.6 Å². The summed E-state index contributed by atoms with van der Waals surface area (Å²) >= 11 is 0. The molecule has 0 aliphatic carbocycles. The fraction of sp³-hybridized carbons (Fsp3) is 0.429. The van der Waals surface area contributed by atoms with Crippen molar-refractivity contribution >= 4 is 12.1 Å². The van der Waals surface area contributed by atoms with E-state index < -0.39 is 29.4 Å². The summed E-state index contributed by atoms with van der Waals surface area (Å²) in [6.07, 6.45) is -5.42. The summed E-state index contributed by atoms with van der Waals surface area (Å²) in [5, 5.41) is 8.79. The van der Waals surface area contributed by atoms with Crippen LogP contribution in [0.15, 0.2) is 24.3 Å². The number of alkyl halides is 3. The second-order valence-electron chi connectivity index (χ2n) is 5.44. The highest BCUT2D eigenvalue weighted by atomic mass is 19.4. The van der Waals surface area contributed by atoms with Crippen LogP contribution < -0.4 is 0 Å². The van der Waals surface area contributed by atoms with E-state index in [1.165, 1.54) is 24.0 Å². The normalized spacial score (nSPS) is 21.8. The minimum Gasteiger partial charge on any atom is -0.481 e. The highest BCUT2D eigenvalue weighted by molar-refractivity contribution is 5.74. The minimum atomic E-state index is -4.41. The molecule has 2 rings (SSSR count). The lowest BCUT2D eigenvalue weighted by Gasteiger charge is -2.19. The maximum absolute atomic E-state index is 12.5. The number of ether oxygens (including phenoxy) is 1. The molecule has 1 aromatic rings. The Labute approximate surface area is 124 Å². The number of hydrogen-bond donors (Lipinski definition) is 1. The first-order valence-corrected chi connectivity index (χ1v) is 6.45. The number of aliphatic carboxylic acids is 1. The van der Waals surface area contributed by atoms with Crippen molar-refractivity contribution in [3.8, 4) is 0 Å². The molecule has 0 aromatic heterocycles. The van der Waals surface area contributed by atoms with E-state index in [-0.39, 0.29) is 19.5 Å². The van der Waals surface area contributed by atoms with Crippen molar-refractivity contribution in [2.75, 3.05) is 6.54 Å². The SMILES string of the molecule is CC1(CC(=O)O)CN(Cc2ccc(C(F)(F)F)cc2)C(=O)O1. The van der Waals surface area contributed by atoms with E-state index in [1.54, 1.807) is 0 Å². The van der Waals surface area contributed by atoms with E-state index in [1.807, 2.05) is 0 Å². The highest BCUT2D eigenvalue weighted by Gasteiger charge is 2.42. The Morgan fingerprint density at radius 1 is 1.36 bits per heavy atom. The Balaban J connectivity index is 2.05. The van der Waals surface area contributed by atoms with E-state index in [9.17, 15) is 22.8 Å². The molecule has 8 heteroatoms. The van der Waals surface area contributed by atoms with Gasteiger partial charge in [-0.3, -0.25) is 9.69 Å². The lowest BCUT2D eigenvalue weighted by Crippen LogP contribution is -2.33. The quantitative estimate of drug-likeness (QED) is 0.927. The van der Waals surface area contributed by atoms with Gasteiger partial charge < -0.3 is 9.84 Å². The molecule has 5 nitrogen and oxygen atoms in total. The van der Waals surface area contributed by atoms with Gasteiger partial charge in [0.25, 0.3) is 0 Å². The Kier molecular flexibility index (Phi) is 4.04. The fourth-order valence-electron chi connectivity index (χ4n) is 2.33. The third-order valence-corrected chi connectivity index (χ3v) is 3.30. The number of carboxylic acids is 1. The van der Waals surface area contributed by atoms with Gasteiger partial charge in [0, 0.05) is 6.54 Å². The summed E-state index contributed by atoms with van der Waals surface area (Å²) in [7, 11) is 0. The minimum absolute atomic E-state index is 0.0617. The summed E-state index contributed by atoms with van der Waals surface area (Å²) < 4.78 is 42.5. The second kappa shape index (κ2) is 5.51. The molecular formula is C14H14F3NO4. The van der Waals surface area contributed by atoms with Crippen molar-refractivity contribution in [1.29, 1.82) is 0 Å². The molecule has 1 aliphatic heterocycles. The molecule has 120 valence electrons. The highest BCUT2D eigenvalue weighted by Crippen LogP contribution is 2.30. The molecule has 0 radical (unpaired) electrons. The first kappa shape index (κ1) is 16.1. The number of carbonyl (C=O) groups excluding carboxylic acids is 1. The van der Waals surface area contributed by atoms with E-state index in [0.29, 0.717) is 5.56 Å². The fourth-order valence-corrected chi connectivity index (χ4v) is 2.33. The number of halogens is 3. The van der Waals surface area contributed by atoms with Crippen molar-refractivity contribution in [2.45, 2.75) is 31.7 Å². The van der Waals surface area contributed by atoms with Crippen LogP contribution in [0.4, 0.5) is 18.0 Å². The van der Waals surface area contributed by atoms with Gasteiger partial charge >= 0.3 is 18.2 Å². The maximum Gasteiger partial charge on any atom is 0.416 e. The van der Waals surface area contributed by atoms with Gasteiger partial charge in [-0.15, -0.1) is 0 Å². The number of hydrogen-bond acceptors (Lipinski definition) is 3. The summed E-state index contributed by atoms with van der Waals surface area (Å²) in [5.74, 6) is -1.09. The third-order valence-electron chi connectivity index (χ3n) is 3.30. The lowest BCUT2D eigenvalue weighted by atomic mass is 10.0. The van der Waals surface area contributed by atoms with Gasteiger partial charge in [0.2, 0.25) is 0 Å². The molecule has 1 amide bonds. The van der Waals surface area contributed by atoms with Gasteiger partial charge in [-0.2, -0.15) is 13.2 Å². The number of benzene rings is 1. The van der Waals surface area contributed by atoms with Gasteiger partial charge in [0.05, 0.1) is 18.5 Å². The number of rotatable bonds is 4. The zero-order valence-corrected chi connectivity index (χ0v) is 11.7. The van der Waals surface area contributed by atoms with Crippen LogP contribution >= 0.6 is 0 Å². The molecule has 1 saturated heterocycles. The van der Waals surface area contributed by atoms with Crippen LogP contribution in [0.1, 0.15) is 24.5 Å². The third kappa shape index (κ3) is 3.69. The number of nitrogens with zero attached hydrogens (tertiary/aromatic N) is 1. The lowest BCUT2D eigenvalue weighted by molar-refractivity contribution is -0.141. The molecule has 1 heterocycles. The smallest absolute Gasteiger partial charge is 0.416 e. The monoisotopic (exact) mass is 317 g/mol. The zero-order valence-electron chi connectivity index (χ0n) is 11.7.